The number of piperazine rings is 1. The second kappa shape index (κ2) is 14.7. The fraction of sp³-hybridized carbons (Fsp3) is 0.364. The molecule has 13 nitrogen and oxygen atoms in total. The number of halogens is 1. The average molecular weight is 814 g/mol. The summed E-state index contributed by atoms with van der Waals surface area (Å²) in [7, 11) is 1.89. The van der Waals surface area contributed by atoms with E-state index in [-0.39, 0.29) is 41.3 Å². The van der Waals surface area contributed by atoms with Gasteiger partial charge in [0.1, 0.15) is 10.7 Å². The molecule has 1 unspecified atom stereocenters. The maximum absolute atomic E-state index is 15.6. The highest BCUT2D eigenvalue weighted by molar-refractivity contribution is 7.21. The quantitative estimate of drug-likeness (QED) is 0.152. The van der Waals surface area contributed by atoms with E-state index in [2.05, 4.69) is 48.3 Å². The summed E-state index contributed by atoms with van der Waals surface area (Å²) >= 11 is 1.45. The third-order valence-electron chi connectivity index (χ3n) is 12.5. The molecular formula is C44H44FN9O4S. The van der Waals surface area contributed by atoms with Crippen LogP contribution in [0.5, 0.6) is 0 Å². The highest BCUT2D eigenvalue weighted by Gasteiger charge is 2.34. The van der Waals surface area contributed by atoms with E-state index < -0.39 is 11.7 Å². The molecule has 4 aliphatic rings. The van der Waals surface area contributed by atoms with Crippen LogP contribution in [0.25, 0.3) is 43.1 Å². The van der Waals surface area contributed by atoms with Crippen molar-refractivity contribution in [3.8, 4) is 11.3 Å². The molecule has 6 heterocycles. The lowest BCUT2D eigenvalue weighted by Gasteiger charge is -2.42. The van der Waals surface area contributed by atoms with Gasteiger partial charge >= 0.3 is 0 Å². The number of thiophene rings is 1. The molecular weight excluding hydrogens is 770 g/mol. The van der Waals surface area contributed by atoms with Gasteiger partial charge in [-0.2, -0.15) is 5.10 Å². The van der Waals surface area contributed by atoms with E-state index in [1.54, 1.807) is 18.2 Å². The van der Waals surface area contributed by atoms with Gasteiger partial charge in [0.2, 0.25) is 11.8 Å². The van der Waals surface area contributed by atoms with Crippen LogP contribution in [0.2, 0.25) is 0 Å². The third-order valence-corrected chi connectivity index (χ3v) is 13.6. The van der Waals surface area contributed by atoms with E-state index in [4.69, 9.17) is 4.98 Å². The molecule has 10 rings (SSSR count). The minimum Gasteiger partial charge on any atom is -0.381 e. The normalized spacial score (nSPS) is 22.4. The molecule has 2 saturated heterocycles. The van der Waals surface area contributed by atoms with Crippen LogP contribution in [-0.2, 0) is 16.6 Å². The first-order valence-electron chi connectivity index (χ1n) is 20.4. The lowest BCUT2D eigenvalue weighted by molar-refractivity contribution is -0.134. The first kappa shape index (κ1) is 37.3. The summed E-state index contributed by atoms with van der Waals surface area (Å²) in [4.78, 5) is 60.6. The van der Waals surface area contributed by atoms with Gasteiger partial charge in [-0.3, -0.25) is 34.1 Å². The molecule has 0 bridgehead atoms. The van der Waals surface area contributed by atoms with Gasteiger partial charge in [-0.25, -0.2) is 9.37 Å². The standard InChI is InChI=1S/C44H44FN9O4S/c1-23-21-46-40-38-29-7-9-33(49-34(29)10-11-36(38)59-41(40)44(58)47-23)28-5-3-25(19-32(28)45)42(56)48-26-17-24(18-26)22-53-13-15-54(16-14-53)27-4-6-30-35(20-27)52(2)51-39(30)31-8-12-37(55)50-43(31)57/h3-7,9-11,19-20,23-24,26,31,46H,8,12-18,21-22H2,1-2H3,(H,47,58)(H,48,56)(H,50,55,57)/t23-,24?,26?,31?/m1/s1. The number of aryl methyl sites for hydroxylation is 1. The van der Waals surface area contributed by atoms with Crippen molar-refractivity contribution < 1.29 is 23.6 Å². The Labute approximate surface area is 343 Å². The van der Waals surface area contributed by atoms with Crippen LogP contribution in [-0.4, -0.2) is 94.6 Å². The van der Waals surface area contributed by atoms with Crippen molar-refractivity contribution in [3.63, 3.8) is 0 Å². The molecule has 0 spiro atoms. The SMILES string of the molecule is C[C@@H]1CNc2c(sc3ccc4nc(-c5ccc(C(=O)NC6CC(CN7CCN(c8ccc9c(C%10CCC(=O)NC%10=O)nn(C)c9c8)CC7)C6)cc5F)ccc4c23)C(=O)N1. The first-order chi connectivity index (χ1) is 28.6. The van der Waals surface area contributed by atoms with Crippen LogP contribution >= 0.6 is 11.3 Å². The lowest BCUT2D eigenvalue weighted by Crippen LogP contribution is -2.52. The summed E-state index contributed by atoms with van der Waals surface area (Å²) in [6.45, 7) is 7.21. The molecule has 59 heavy (non-hydrogen) atoms. The number of fused-ring (bicyclic) bond motifs is 6. The third kappa shape index (κ3) is 6.85. The summed E-state index contributed by atoms with van der Waals surface area (Å²) in [5.74, 6) is -1.32. The summed E-state index contributed by atoms with van der Waals surface area (Å²) in [6.07, 6.45) is 2.57. The van der Waals surface area contributed by atoms with E-state index in [1.165, 1.54) is 17.4 Å². The number of benzene rings is 3. The van der Waals surface area contributed by atoms with Gasteiger partial charge in [-0.05, 0) is 92.8 Å². The molecule has 2 atom stereocenters. The molecule has 1 saturated carbocycles. The number of hydrogen-bond acceptors (Lipinski definition) is 10. The predicted molar refractivity (Wildman–Crippen MR) is 226 cm³/mol. The Bertz CT molecular complexity index is 2720. The first-order valence-corrected chi connectivity index (χ1v) is 21.2. The van der Waals surface area contributed by atoms with Crippen molar-refractivity contribution in [2.24, 2.45) is 13.0 Å². The Morgan fingerprint density at radius 1 is 0.983 bits per heavy atom. The van der Waals surface area contributed by atoms with E-state index in [0.717, 1.165) is 89.0 Å². The number of rotatable bonds is 7. The molecule has 15 heteroatoms. The Balaban J connectivity index is 0.726. The summed E-state index contributed by atoms with van der Waals surface area (Å²) in [5.41, 5.74) is 5.39. The molecule has 302 valence electrons. The number of aromatic nitrogens is 3. The van der Waals surface area contributed by atoms with E-state index in [0.29, 0.717) is 47.0 Å². The van der Waals surface area contributed by atoms with Gasteiger partial charge in [0.15, 0.2) is 0 Å². The van der Waals surface area contributed by atoms with Crippen molar-refractivity contribution in [2.75, 3.05) is 49.5 Å². The number of anilines is 2. The molecule has 4 N–H and O–H groups in total. The van der Waals surface area contributed by atoms with Crippen LogP contribution in [0, 0.1) is 11.7 Å². The van der Waals surface area contributed by atoms with Crippen LogP contribution in [0.1, 0.15) is 64.2 Å². The maximum Gasteiger partial charge on any atom is 0.263 e. The molecule has 4 amide bonds. The second-order valence-corrected chi connectivity index (χ2v) is 17.5. The van der Waals surface area contributed by atoms with Crippen LogP contribution in [0.3, 0.4) is 0 Å². The number of imide groups is 1. The molecule has 3 fully saturated rings. The molecule has 3 aromatic carbocycles. The largest absolute Gasteiger partial charge is 0.381 e. The Morgan fingerprint density at radius 2 is 1.80 bits per heavy atom. The summed E-state index contributed by atoms with van der Waals surface area (Å²) in [6, 6.07) is 18.5. The van der Waals surface area contributed by atoms with Crippen LogP contribution < -0.4 is 26.2 Å². The Hall–Kier alpha value is -5.93. The van der Waals surface area contributed by atoms with Crippen molar-refractivity contribution in [1.82, 2.24) is 35.6 Å². The van der Waals surface area contributed by atoms with Crippen molar-refractivity contribution in [1.29, 1.82) is 0 Å². The number of nitrogens with one attached hydrogen (secondary N) is 4. The molecule has 6 aromatic rings. The zero-order valence-electron chi connectivity index (χ0n) is 32.8. The maximum atomic E-state index is 15.6. The minimum atomic E-state index is -0.509. The Kier molecular flexibility index (Phi) is 9.31. The number of piperidine rings is 1. The van der Waals surface area contributed by atoms with E-state index in [1.807, 2.05) is 42.9 Å². The van der Waals surface area contributed by atoms with Gasteiger partial charge in [-0.1, -0.05) is 0 Å². The number of carbonyl (C=O) groups is 4. The fourth-order valence-corrected chi connectivity index (χ4v) is 10.3. The van der Waals surface area contributed by atoms with Crippen molar-refractivity contribution in [3.05, 3.63) is 82.6 Å². The number of amides is 4. The van der Waals surface area contributed by atoms with Gasteiger partial charge in [-0.15, -0.1) is 11.3 Å². The van der Waals surface area contributed by atoms with Gasteiger partial charge in [0.25, 0.3) is 11.8 Å². The second-order valence-electron chi connectivity index (χ2n) is 16.5. The predicted octanol–water partition coefficient (Wildman–Crippen LogP) is 5.54. The molecule has 0 radical (unpaired) electrons. The minimum absolute atomic E-state index is 0.00446. The van der Waals surface area contributed by atoms with Crippen LogP contribution in [0.15, 0.2) is 60.7 Å². The zero-order valence-corrected chi connectivity index (χ0v) is 33.6. The zero-order chi connectivity index (χ0) is 40.5. The monoisotopic (exact) mass is 813 g/mol. The van der Waals surface area contributed by atoms with Gasteiger partial charge in [0, 0.05) is 102 Å². The van der Waals surface area contributed by atoms with Gasteiger partial charge in [0.05, 0.1) is 34.0 Å². The van der Waals surface area contributed by atoms with E-state index in [9.17, 15) is 19.2 Å². The highest BCUT2D eigenvalue weighted by atomic mass is 32.1. The molecule has 3 aliphatic heterocycles. The lowest BCUT2D eigenvalue weighted by atomic mass is 9.79. The molecule has 3 aromatic heterocycles. The Morgan fingerprint density at radius 3 is 2.59 bits per heavy atom. The van der Waals surface area contributed by atoms with Gasteiger partial charge < -0.3 is 20.9 Å². The van der Waals surface area contributed by atoms with E-state index >= 15 is 4.39 Å². The smallest absolute Gasteiger partial charge is 0.263 e. The fourth-order valence-electron chi connectivity index (χ4n) is 9.25. The number of hydrogen-bond donors (Lipinski definition) is 4. The van der Waals surface area contributed by atoms with Crippen LogP contribution in [0.4, 0.5) is 15.8 Å². The number of nitrogens with zero attached hydrogens (tertiary/aromatic N) is 5. The number of carbonyl (C=O) groups excluding carboxylic acids is 4. The van der Waals surface area contributed by atoms with Crippen molar-refractivity contribution >= 4 is 78.2 Å². The molecule has 1 aliphatic carbocycles. The summed E-state index contributed by atoms with van der Waals surface area (Å²) in [5, 5.41) is 19.5. The average Bonchev–Trinajstić information content (AvgIpc) is 3.72. The number of pyridine rings is 1. The summed E-state index contributed by atoms with van der Waals surface area (Å²) < 4.78 is 18.4. The highest BCUT2D eigenvalue weighted by Crippen LogP contribution is 2.41. The van der Waals surface area contributed by atoms with Crippen molar-refractivity contribution in [2.45, 2.75) is 50.6 Å². The topological polar surface area (TPSA) is 154 Å².